The van der Waals surface area contributed by atoms with Crippen LogP contribution in [-0.2, 0) is 20.2 Å². The van der Waals surface area contributed by atoms with Gasteiger partial charge < -0.3 is 15.2 Å². The molecule has 0 amide bonds. The van der Waals surface area contributed by atoms with Crippen molar-refractivity contribution in [2.24, 2.45) is 0 Å². The molecule has 2 rings (SSSR count). The van der Waals surface area contributed by atoms with Gasteiger partial charge in [0.1, 0.15) is 16.3 Å². The molecule has 0 aliphatic rings. The lowest BCUT2D eigenvalue weighted by Crippen LogP contribution is -2.11. The van der Waals surface area contributed by atoms with Crippen LogP contribution < -0.4 is 15.2 Å². The summed E-state index contributed by atoms with van der Waals surface area (Å²) in [5.74, 6) is -0.575. The van der Waals surface area contributed by atoms with Crippen LogP contribution in [0.4, 0.5) is 22.7 Å². The Morgan fingerprint density at radius 2 is 1.85 bits per heavy atom. The van der Waals surface area contributed by atoms with Gasteiger partial charge in [-0.2, -0.15) is 16.8 Å². The monoisotopic (exact) mass is 417 g/mol. The summed E-state index contributed by atoms with van der Waals surface area (Å²) in [5, 5.41) is 13.9. The van der Waals surface area contributed by atoms with Gasteiger partial charge in [0.15, 0.2) is 0 Å². The third-order valence-electron chi connectivity index (χ3n) is 3.36. The summed E-state index contributed by atoms with van der Waals surface area (Å²) in [7, 11) is -8.46. The summed E-state index contributed by atoms with van der Waals surface area (Å²) in [5.41, 5.74) is 4.72. The first kappa shape index (κ1) is 20.4. The third kappa shape index (κ3) is 4.84. The van der Waals surface area contributed by atoms with E-state index in [0.717, 1.165) is 12.1 Å². The van der Waals surface area contributed by atoms with E-state index >= 15 is 0 Å². The summed E-state index contributed by atoms with van der Waals surface area (Å²) < 4.78 is 59.5. The standard InChI is InChI=1S/C14H15N3O8S2/c1-2-26(20,21)25-9-6-7-10(12(8-9)17(18)19)16-11-4-3-5-13(14(11)15)27(22,23)24/h3-8,16H,2,15H2,1H3,(H,22,23,24). The van der Waals surface area contributed by atoms with Gasteiger partial charge in [-0.15, -0.1) is 0 Å². The van der Waals surface area contributed by atoms with Gasteiger partial charge in [-0.05, 0) is 31.2 Å². The average molecular weight is 417 g/mol. The number of nitro groups is 1. The van der Waals surface area contributed by atoms with Crippen molar-refractivity contribution in [3.8, 4) is 5.75 Å². The number of hydrogen-bond acceptors (Lipinski definition) is 9. The molecule has 27 heavy (non-hydrogen) atoms. The maximum absolute atomic E-state index is 11.5. The van der Waals surface area contributed by atoms with Crippen molar-refractivity contribution in [3.63, 3.8) is 0 Å². The molecule has 0 saturated carbocycles. The molecule has 0 aromatic heterocycles. The number of hydrogen-bond donors (Lipinski definition) is 3. The summed E-state index contributed by atoms with van der Waals surface area (Å²) in [6.45, 7) is 1.35. The van der Waals surface area contributed by atoms with Crippen LogP contribution in [0.5, 0.6) is 5.75 Å². The highest BCUT2D eigenvalue weighted by molar-refractivity contribution is 7.87. The number of nitro benzene ring substituents is 1. The molecule has 13 heteroatoms. The molecule has 0 heterocycles. The molecule has 146 valence electrons. The molecule has 0 saturated heterocycles. The normalized spacial score (nSPS) is 11.8. The smallest absolute Gasteiger partial charge is 0.308 e. The van der Waals surface area contributed by atoms with Crippen LogP contribution in [0.2, 0.25) is 0 Å². The van der Waals surface area contributed by atoms with E-state index in [1.165, 1.54) is 31.2 Å². The zero-order valence-corrected chi connectivity index (χ0v) is 15.5. The van der Waals surface area contributed by atoms with Crippen LogP contribution in [0.1, 0.15) is 6.92 Å². The maximum Gasteiger partial charge on any atom is 0.308 e. The van der Waals surface area contributed by atoms with Gasteiger partial charge >= 0.3 is 10.1 Å². The number of rotatable bonds is 7. The number of anilines is 3. The third-order valence-corrected chi connectivity index (χ3v) is 5.42. The van der Waals surface area contributed by atoms with Crippen LogP contribution in [0.15, 0.2) is 41.3 Å². The summed E-state index contributed by atoms with van der Waals surface area (Å²) in [6, 6.07) is 6.96. The minimum Gasteiger partial charge on any atom is -0.396 e. The van der Waals surface area contributed by atoms with E-state index in [9.17, 15) is 26.9 Å². The van der Waals surface area contributed by atoms with Crippen molar-refractivity contribution in [2.75, 3.05) is 16.8 Å². The molecule has 4 N–H and O–H groups in total. The quantitative estimate of drug-likeness (QED) is 0.198. The van der Waals surface area contributed by atoms with Crippen LogP contribution in [-0.4, -0.2) is 32.1 Å². The first-order valence-electron chi connectivity index (χ1n) is 7.28. The van der Waals surface area contributed by atoms with E-state index in [1.807, 2.05) is 0 Å². The summed E-state index contributed by atoms with van der Waals surface area (Å²) >= 11 is 0. The van der Waals surface area contributed by atoms with E-state index in [1.54, 1.807) is 0 Å². The topological polar surface area (TPSA) is 179 Å². The average Bonchev–Trinajstić information content (AvgIpc) is 2.56. The first-order chi connectivity index (χ1) is 12.4. The Hall–Kier alpha value is -2.90. The lowest BCUT2D eigenvalue weighted by Gasteiger charge is -2.12. The van der Waals surface area contributed by atoms with Gasteiger partial charge in [0, 0.05) is 0 Å². The van der Waals surface area contributed by atoms with Crippen molar-refractivity contribution in [2.45, 2.75) is 11.8 Å². The van der Waals surface area contributed by atoms with E-state index in [2.05, 4.69) is 5.32 Å². The SMILES string of the molecule is CCS(=O)(=O)Oc1ccc(Nc2cccc(S(=O)(=O)O)c2N)c([N+](=O)[O-])c1. The van der Waals surface area contributed by atoms with Crippen LogP contribution in [0, 0.1) is 10.1 Å². The zero-order chi connectivity index (χ0) is 20.4. The summed E-state index contributed by atoms with van der Waals surface area (Å²) in [6.07, 6.45) is 0. The number of nitrogen functional groups attached to an aromatic ring is 1. The van der Waals surface area contributed by atoms with Crippen LogP contribution in [0.3, 0.4) is 0 Å². The molecule has 0 bridgehead atoms. The van der Waals surface area contributed by atoms with Crippen molar-refractivity contribution >= 4 is 43.0 Å². The maximum atomic E-state index is 11.5. The lowest BCUT2D eigenvalue weighted by atomic mass is 10.2. The second kappa shape index (κ2) is 7.38. The van der Waals surface area contributed by atoms with E-state index in [-0.39, 0.29) is 28.6 Å². The Bertz CT molecular complexity index is 1100. The highest BCUT2D eigenvalue weighted by Gasteiger charge is 2.21. The second-order valence-corrected chi connectivity index (χ2v) is 8.43. The molecule has 0 aliphatic carbocycles. The molecule has 0 spiro atoms. The number of nitrogens with zero attached hydrogens (tertiary/aromatic N) is 1. The van der Waals surface area contributed by atoms with Crippen molar-refractivity contribution in [3.05, 3.63) is 46.5 Å². The fourth-order valence-electron chi connectivity index (χ4n) is 2.05. The molecule has 0 fully saturated rings. The molecule has 11 nitrogen and oxygen atoms in total. The fourth-order valence-corrected chi connectivity index (χ4v) is 3.20. The highest BCUT2D eigenvalue weighted by atomic mass is 32.2. The van der Waals surface area contributed by atoms with E-state index < -0.39 is 35.7 Å². The number of nitrogens with two attached hydrogens (primary N) is 1. The van der Waals surface area contributed by atoms with E-state index in [0.29, 0.717) is 0 Å². The Kier molecular flexibility index (Phi) is 5.58. The van der Waals surface area contributed by atoms with E-state index in [4.69, 9.17) is 14.5 Å². The first-order valence-corrected chi connectivity index (χ1v) is 10.3. The van der Waals surface area contributed by atoms with Gasteiger partial charge in [-0.25, -0.2) is 0 Å². The Morgan fingerprint density at radius 3 is 2.41 bits per heavy atom. The minimum absolute atomic E-state index is 0.0110. The number of benzene rings is 2. The second-order valence-electron chi connectivity index (χ2n) is 5.18. The molecule has 0 atom stereocenters. The zero-order valence-electron chi connectivity index (χ0n) is 13.8. The molecule has 2 aromatic rings. The number of nitrogens with one attached hydrogen (secondary N) is 1. The van der Waals surface area contributed by atoms with Gasteiger partial charge in [-0.1, -0.05) is 6.07 Å². The molecular weight excluding hydrogens is 402 g/mol. The fraction of sp³-hybridized carbons (Fsp3) is 0.143. The van der Waals surface area contributed by atoms with Crippen LogP contribution in [0.25, 0.3) is 0 Å². The molecule has 2 aromatic carbocycles. The number of para-hydroxylation sites is 1. The predicted octanol–water partition coefficient (Wildman–Crippen LogP) is 1.90. The Labute approximate surface area is 154 Å². The Balaban J connectivity index is 2.47. The van der Waals surface area contributed by atoms with Crippen molar-refractivity contribution in [1.82, 2.24) is 0 Å². The molecule has 0 radical (unpaired) electrons. The minimum atomic E-state index is -4.59. The summed E-state index contributed by atoms with van der Waals surface area (Å²) in [4.78, 5) is 9.96. The molecule has 0 aliphatic heterocycles. The van der Waals surface area contributed by atoms with Gasteiger partial charge in [0.25, 0.3) is 15.8 Å². The highest BCUT2D eigenvalue weighted by Crippen LogP contribution is 2.35. The van der Waals surface area contributed by atoms with Gasteiger partial charge in [0.2, 0.25) is 0 Å². The lowest BCUT2D eigenvalue weighted by molar-refractivity contribution is -0.384. The predicted molar refractivity (Wildman–Crippen MR) is 97.1 cm³/mol. The van der Waals surface area contributed by atoms with Gasteiger partial charge in [0.05, 0.1) is 28.1 Å². The van der Waals surface area contributed by atoms with Gasteiger partial charge in [-0.3, -0.25) is 14.7 Å². The van der Waals surface area contributed by atoms with Crippen molar-refractivity contribution < 1.29 is 30.5 Å². The van der Waals surface area contributed by atoms with Crippen LogP contribution >= 0.6 is 0 Å². The Morgan fingerprint density at radius 1 is 1.19 bits per heavy atom. The largest absolute Gasteiger partial charge is 0.396 e. The van der Waals surface area contributed by atoms with Crippen molar-refractivity contribution in [1.29, 1.82) is 0 Å². The molecule has 0 unspecified atom stereocenters. The molecular formula is C14H15N3O8S2.